The molecule has 0 fully saturated rings. The molecule has 1 aliphatic heterocycles. The molecule has 1 atom stereocenters. The molecule has 0 saturated carbocycles. The van der Waals surface area contributed by atoms with E-state index in [9.17, 15) is 0 Å². The Morgan fingerprint density at radius 1 is 0.740 bits per heavy atom. The number of aryl methyl sites for hydroxylation is 1. The molecule has 4 aliphatic carbocycles. The minimum absolute atomic E-state index is 0.272. The summed E-state index contributed by atoms with van der Waals surface area (Å²) in [6.45, 7) is 4.25. The highest BCUT2D eigenvalue weighted by Gasteiger charge is 2.47. The number of furan rings is 1. The molecule has 0 saturated heterocycles. The van der Waals surface area contributed by atoms with Gasteiger partial charge in [0, 0.05) is 40.4 Å². The van der Waals surface area contributed by atoms with Gasteiger partial charge in [-0.2, -0.15) is 0 Å². The summed E-state index contributed by atoms with van der Waals surface area (Å²) in [4.78, 5) is 2.48. The van der Waals surface area contributed by atoms with Crippen molar-refractivity contribution in [2.75, 3.05) is 4.90 Å². The SMILES string of the molecule is C=C1C=C/C(N2C3=CC=CCC3c3cc(C4(c5ccc6c7c(oc6c5)CCC=C7)c5ccccc5-c5ccccc54)ccc32)=C\C/C=C\C=C/1. The smallest absolute Gasteiger partial charge is 0.135 e. The lowest BCUT2D eigenvalue weighted by molar-refractivity contribution is 0.545. The lowest BCUT2D eigenvalue weighted by Crippen LogP contribution is -2.28. The van der Waals surface area contributed by atoms with Gasteiger partial charge in [0.25, 0.3) is 0 Å². The molecule has 5 aromatic rings. The van der Waals surface area contributed by atoms with Crippen LogP contribution in [0.15, 0.2) is 180 Å². The average Bonchev–Trinajstić information content (AvgIpc) is 3.80. The van der Waals surface area contributed by atoms with Gasteiger partial charge in [0.1, 0.15) is 11.3 Å². The van der Waals surface area contributed by atoms with Crippen molar-refractivity contribution in [1.82, 2.24) is 0 Å². The summed E-state index contributed by atoms with van der Waals surface area (Å²) in [5.74, 6) is 1.37. The van der Waals surface area contributed by atoms with E-state index in [4.69, 9.17) is 4.42 Å². The Hall–Kier alpha value is -5.86. The Morgan fingerprint density at radius 3 is 2.40 bits per heavy atom. The van der Waals surface area contributed by atoms with Crippen LogP contribution in [-0.2, 0) is 11.8 Å². The van der Waals surface area contributed by atoms with Crippen LogP contribution in [0.1, 0.15) is 64.3 Å². The molecule has 0 spiro atoms. The Bertz CT molecular complexity index is 2420. The maximum atomic E-state index is 6.62. The molecule has 1 aromatic heterocycles. The van der Waals surface area contributed by atoms with Crippen molar-refractivity contribution in [2.45, 2.75) is 37.0 Å². The quantitative estimate of drug-likeness (QED) is 0.191. The van der Waals surface area contributed by atoms with Gasteiger partial charge in [-0.05, 0) is 88.1 Å². The zero-order valence-electron chi connectivity index (χ0n) is 28.0. The van der Waals surface area contributed by atoms with Gasteiger partial charge in [0.05, 0.1) is 5.41 Å². The Labute approximate surface area is 293 Å². The van der Waals surface area contributed by atoms with E-state index in [0.29, 0.717) is 0 Å². The summed E-state index contributed by atoms with van der Waals surface area (Å²) in [5.41, 5.74) is 15.6. The van der Waals surface area contributed by atoms with Crippen LogP contribution in [0.4, 0.5) is 5.69 Å². The van der Waals surface area contributed by atoms with Gasteiger partial charge in [0.2, 0.25) is 0 Å². The minimum Gasteiger partial charge on any atom is -0.460 e. The first-order valence-electron chi connectivity index (χ1n) is 17.9. The Balaban J connectivity index is 1.21. The van der Waals surface area contributed by atoms with Gasteiger partial charge >= 0.3 is 0 Å². The van der Waals surface area contributed by atoms with Crippen molar-refractivity contribution >= 4 is 22.7 Å². The minimum atomic E-state index is -0.508. The van der Waals surface area contributed by atoms with Crippen molar-refractivity contribution in [3.63, 3.8) is 0 Å². The van der Waals surface area contributed by atoms with E-state index in [2.05, 4.69) is 169 Å². The van der Waals surface area contributed by atoms with Crippen LogP contribution >= 0.6 is 0 Å². The number of nitrogens with zero attached hydrogens (tertiary/aromatic N) is 1. The maximum absolute atomic E-state index is 6.62. The molecule has 5 aliphatic rings. The van der Waals surface area contributed by atoms with Gasteiger partial charge in [0.15, 0.2) is 0 Å². The fraction of sp³-hybridized carbons (Fsp3) is 0.125. The highest BCUT2D eigenvalue weighted by molar-refractivity contribution is 5.92. The number of allylic oxidation sites excluding steroid dienone is 13. The largest absolute Gasteiger partial charge is 0.460 e. The monoisotopic (exact) mass is 643 g/mol. The fourth-order valence-corrected chi connectivity index (χ4v) is 9.05. The van der Waals surface area contributed by atoms with E-state index in [0.717, 1.165) is 42.6 Å². The first kappa shape index (κ1) is 29.1. The van der Waals surface area contributed by atoms with Crippen molar-refractivity contribution < 1.29 is 4.42 Å². The van der Waals surface area contributed by atoms with E-state index in [1.807, 2.05) is 0 Å². The standard InChI is InChI=1S/C48H37NO/c1-32-14-4-2-3-5-15-35(27-24-32)49-44-22-12-8-18-38(44)41-30-33(26-29-45(41)49)48(42-20-10-6-16-36(42)37-17-7-11-21-43(37)48)34-25-28-40-39-19-9-13-23-46(39)50-47(40)31-34/h2-4,6-12,14-17,19-22,24-31,38H,1,5,13,18,23H2/b3-2-,14-4-,27-24?,35-15+. The lowest BCUT2D eigenvalue weighted by atomic mass is 9.67. The third kappa shape index (κ3) is 4.21. The van der Waals surface area contributed by atoms with Crippen molar-refractivity contribution in [2.24, 2.45) is 0 Å². The van der Waals surface area contributed by atoms with Crippen LogP contribution in [0.2, 0.25) is 0 Å². The third-order valence-corrected chi connectivity index (χ3v) is 11.2. The van der Waals surface area contributed by atoms with Crippen molar-refractivity contribution in [1.29, 1.82) is 0 Å². The molecule has 4 aromatic carbocycles. The second-order valence-electron chi connectivity index (χ2n) is 13.9. The summed E-state index contributed by atoms with van der Waals surface area (Å²) in [5, 5.41) is 1.20. The molecule has 2 heterocycles. The van der Waals surface area contributed by atoms with Crippen LogP contribution in [0.5, 0.6) is 0 Å². The first-order valence-corrected chi connectivity index (χ1v) is 17.9. The van der Waals surface area contributed by atoms with E-state index < -0.39 is 5.41 Å². The molecular formula is C48H37NO. The highest BCUT2D eigenvalue weighted by Crippen LogP contribution is 2.58. The van der Waals surface area contributed by atoms with Gasteiger partial charge < -0.3 is 9.32 Å². The number of benzene rings is 4. The number of fused-ring (bicyclic) bond motifs is 9. The van der Waals surface area contributed by atoms with Crippen LogP contribution in [0.3, 0.4) is 0 Å². The zero-order valence-corrected chi connectivity index (χ0v) is 28.0. The molecule has 0 radical (unpaired) electrons. The number of rotatable bonds is 3. The number of hydrogen-bond donors (Lipinski definition) is 0. The summed E-state index contributed by atoms with van der Waals surface area (Å²) in [7, 11) is 0. The normalized spacial score (nSPS) is 21.8. The molecule has 2 nitrogen and oxygen atoms in total. The predicted molar refractivity (Wildman–Crippen MR) is 207 cm³/mol. The Kier molecular flexibility index (Phi) is 6.61. The van der Waals surface area contributed by atoms with Crippen molar-refractivity contribution in [3.8, 4) is 11.1 Å². The van der Waals surface area contributed by atoms with E-state index >= 15 is 0 Å². The maximum Gasteiger partial charge on any atom is 0.135 e. The van der Waals surface area contributed by atoms with Gasteiger partial charge in [-0.1, -0.05) is 140 Å². The van der Waals surface area contributed by atoms with E-state index in [-0.39, 0.29) is 5.92 Å². The van der Waals surface area contributed by atoms with Crippen LogP contribution in [0, 0.1) is 0 Å². The Morgan fingerprint density at radius 2 is 1.54 bits per heavy atom. The molecule has 1 unspecified atom stereocenters. The average molecular weight is 644 g/mol. The molecule has 0 N–H and O–H groups in total. The summed E-state index contributed by atoms with van der Waals surface area (Å²) in [6, 6.07) is 32.3. The molecule has 0 bridgehead atoms. The van der Waals surface area contributed by atoms with E-state index in [1.165, 1.54) is 67.0 Å². The molecule has 50 heavy (non-hydrogen) atoms. The molecular weight excluding hydrogens is 607 g/mol. The number of hydrogen-bond acceptors (Lipinski definition) is 2. The highest BCUT2D eigenvalue weighted by atomic mass is 16.3. The fourth-order valence-electron chi connectivity index (χ4n) is 9.05. The first-order chi connectivity index (χ1) is 24.7. The molecule has 2 heteroatoms. The van der Waals surface area contributed by atoms with Crippen LogP contribution in [-0.4, -0.2) is 0 Å². The second-order valence-corrected chi connectivity index (χ2v) is 13.9. The predicted octanol–water partition coefficient (Wildman–Crippen LogP) is 12.0. The summed E-state index contributed by atoms with van der Waals surface area (Å²) < 4.78 is 6.62. The second kappa shape index (κ2) is 11.4. The zero-order chi connectivity index (χ0) is 33.2. The molecule has 10 rings (SSSR count). The van der Waals surface area contributed by atoms with Crippen molar-refractivity contribution in [3.05, 3.63) is 214 Å². The van der Waals surface area contributed by atoms with E-state index in [1.54, 1.807) is 0 Å². The molecule has 0 amide bonds. The lowest BCUT2D eigenvalue weighted by Gasteiger charge is -2.34. The van der Waals surface area contributed by atoms with Gasteiger partial charge in [-0.15, -0.1) is 0 Å². The van der Waals surface area contributed by atoms with Gasteiger partial charge in [-0.3, -0.25) is 0 Å². The van der Waals surface area contributed by atoms with Crippen LogP contribution < -0.4 is 4.90 Å². The van der Waals surface area contributed by atoms with Crippen LogP contribution in [0.25, 0.3) is 28.2 Å². The number of anilines is 1. The van der Waals surface area contributed by atoms with Gasteiger partial charge in [-0.25, -0.2) is 0 Å². The summed E-state index contributed by atoms with van der Waals surface area (Å²) >= 11 is 0. The summed E-state index contributed by atoms with van der Waals surface area (Å²) in [6.07, 6.45) is 30.3. The third-order valence-electron chi connectivity index (χ3n) is 11.2. The topological polar surface area (TPSA) is 16.4 Å². The molecule has 240 valence electrons.